The molecule has 1 aromatic rings. The van der Waals surface area contributed by atoms with Crippen LogP contribution in [0.3, 0.4) is 0 Å². The summed E-state index contributed by atoms with van der Waals surface area (Å²) >= 11 is 0. The van der Waals surface area contributed by atoms with E-state index in [9.17, 15) is 0 Å². The van der Waals surface area contributed by atoms with Crippen LogP contribution in [0.1, 0.15) is 49.7 Å². The summed E-state index contributed by atoms with van der Waals surface area (Å²) in [4.78, 5) is 0. The molecule has 100 valence electrons. The summed E-state index contributed by atoms with van der Waals surface area (Å²) in [5.74, 6) is 0.602. The normalized spacial score (nSPS) is 23.7. The minimum absolute atomic E-state index is 0.602. The predicted octanol–water partition coefficient (Wildman–Crippen LogP) is 4.70. The lowest BCUT2D eigenvalue weighted by molar-refractivity contribution is 0.0804. The Balaban J connectivity index is 1.75. The first-order valence-electron chi connectivity index (χ1n) is 7.37. The molecule has 1 saturated heterocycles. The quantitative estimate of drug-likeness (QED) is 0.743. The smallest absolute Gasteiger partial charge is 0.0534 e. The van der Waals surface area contributed by atoms with E-state index in [1.807, 2.05) is 0 Å². The molecular formula is C18H22O. The van der Waals surface area contributed by atoms with Crippen molar-refractivity contribution in [1.29, 1.82) is 0 Å². The van der Waals surface area contributed by atoms with Gasteiger partial charge in [0.1, 0.15) is 0 Å². The third-order valence-electron chi connectivity index (χ3n) is 4.27. The molecule has 0 spiro atoms. The van der Waals surface area contributed by atoms with Gasteiger partial charge < -0.3 is 4.74 Å². The average molecular weight is 254 g/mol. The van der Waals surface area contributed by atoms with Crippen LogP contribution in [0.4, 0.5) is 0 Å². The Morgan fingerprint density at radius 2 is 1.89 bits per heavy atom. The highest BCUT2D eigenvalue weighted by molar-refractivity contribution is 5.68. The minimum atomic E-state index is 0.602. The summed E-state index contributed by atoms with van der Waals surface area (Å²) in [5.41, 5.74) is 5.77. The molecule has 2 aliphatic rings. The molecule has 0 radical (unpaired) electrons. The topological polar surface area (TPSA) is 9.23 Å². The molecule has 1 aliphatic heterocycles. The third kappa shape index (κ3) is 2.98. The molecule has 1 aromatic carbocycles. The van der Waals surface area contributed by atoms with E-state index in [0.717, 1.165) is 13.2 Å². The molecule has 0 bridgehead atoms. The molecule has 3 rings (SSSR count). The summed E-state index contributed by atoms with van der Waals surface area (Å²) in [6, 6.07) is 9.15. The van der Waals surface area contributed by atoms with Crippen molar-refractivity contribution < 1.29 is 4.74 Å². The van der Waals surface area contributed by atoms with E-state index >= 15 is 0 Å². The highest BCUT2D eigenvalue weighted by Crippen LogP contribution is 2.29. The molecule has 0 saturated carbocycles. The standard InChI is InChI=1S/C18H22O/c1-14-4-6-15(7-5-14)16-8-10-17(11-9-16)18-3-2-12-19-13-18/h4,6,8-11,18H,2-3,5,7,12-13H2,1H3. The number of benzene rings is 1. The van der Waals surface area contributed by atoms with Crippen molar-refractivity contribution >= 4 is 5.57 Å². The van der Waals surface area contributed by atoms with Crippen molar-refractivity contribution in [3.05, 3.63) is 53.1 Å². The molecule has 0 amide bonds. The Hall–Kier alpha value is -1.34. The second-order valence-corrected chi connectivity index (χ2v) is 5.74. The van der Waals surface area contributed by atoms with Gasteiger partial charge in [-0.1, -0.05) is 42.0 Å². The van der Waals surface area contributed by atoms with E-state index in [1.165, 1.54) is 48.0 Å². The fraction of sp³-hybridized carbons (Fsp3) is 0.444. The van der Waals surface area contributed by atoms with Gasteiger partial charge in [-0.25, -0.2) is 0 Å². The molecule has 19 heavy (non-hydrogen) atoms. The van der Waals surface area contributed by atoms with Gasteiger partial charge in [0, 0.05) is 12.5 Å². The number of rotatable bonds is 2. The second kappa shape index (κ2) is 5.75. The first kappa shape index (κ1) is 12.7. The van der Waals surface area contributed by atoms with E-state index in [4.69, 9.17) is 4.74 Å². The minimum Gasteiger partial charge on any atom is -0.381 e. The zero-order valence-corrected chi connectivity index (χ0v) is 11.7. The van der Waals surface area contributed by atoms with Gasteiger partial charge in [0.2, 0.25) is 0 Å². The summed E-state index contributed by atoms with van der Waals surface area (Å²) in [6.07, 6.45) is 9.36. The van der Waals surface area contributed by atoms with Crippen LogP contribution >= 0.6 is 0 Å². The molecule has 1 unspecified atom stereocenters. The van der Waals surface area contributed by atoms with E-state index in [1.54, 1.807) is 0 Å². The molecule has 0 aromatic heterocycles. The third-order valence-corrected chi connectivity index (χ3v) is 4.27. The molecule has 0 N–H and O–H groups in total. The SMILES string of the molecule is CC1=CC=C(c2ccc(C3CCCOC3)cc2)CC1. The highest BCUT2D eigenvalue weighted by atomic mass is 16.5. The number of allylic oxidation sites excluding steroid dienone is 4. The van der Waals surface area contributed by atoms with Crippen molar-refractivity contribution in [2.24, 2.45) is 0 Å². The molecule has 1 heteroatoms. The van der Waals surface area contributed by atoms with Gasteiger partial charge in [-0.2, -0.15) is 0 Å². The van der Waals surface area contributed by atoms with Crippen LogP contribution in [0.25, 0.3) is 5.57 Å². The lowest BCUT2D eigenvalue weighted by Crippen LogP contribution is -2.15. The Morgan fingerprint density at radius 1 is 1.05 bits per heavy atom. The van der Waals surface area contributed by atoms with Gasteiger partial charge in [-0.05, 0) is 49.3 Å². The first-order chi connectivity index (χ1) is 9.33. The second-order valence-electron chi connectivity index (χ2n) is 5.74. The van der Waals surface area contributed by atoms with Crippen molar-refractivity contribution in [1.82, 2.24) is 0 Å². The summed E-state index contributed by atoms with van der Waals surface area (Å²) < 4.78 is 5.58. The van der Waals surface area contributed by atoms with E-state index in [-0.39, 0.29) is 0 Å². The number of ether oxygens (including phenoxy) is 1. The van der Waals surface area contributed by atoms with Crippen LogP contribution in [0, 0.1) is 0 Å². The van der Waals surface area contributed by atoms with Gasteiger partial charge in [0.15, 0.2) is 0 Å². The lowest BCUT2D eigenvalue weighted by atomic mass is 9.90. The fourth-order valence-electron chi connectivity index (χ4n) is 2.95. The van der Waals surface area contributed by atoms with Crippen molar-refractivity contribution in [3.8, 4) is 0 Å². The predicted molar refractivity (Wildman–Crippen MR) is 80.2 cm³/mol. The molecule has 1 nitrogen and oxygen atoms in total. The van der Waals surface area contributed by atoms with E-state index in [2.05, 4.69) is 43.3 Å². The number of hydrogen-bond acceptors (Lipinski definition) is 1. The monoisotopic (exact) mass is 254 g/mol. The van der Waals surface area contributed by atoms with Crippen LogP contribution in [-0.4, -0.2) is 13.2 Å². The molecule has 1 aliphatic carbocycles. The van der Waals surface area contributed by atoms with Crippen LogP contribution < -0.4 is 0 Å². The van der Waals surface area contributed by atoms with Gasteiger partial charge in [0.05, 0.1) is 6.61 Å². The van der Waals surface area contributed by atoms with E-state index in [0.29, 0.717) is 5.92 Å². The maximum absolute atomic E-state index is 5.58. The fourth-order valence-corrected chi connectivity index (χ4v) is 2.95. The van der Waals surface area contributed by atoms with Crippen LogP contribution in [0.5, 0.6) is 0 Å². The number of hydrogen-bond donors (Lipinski definition) is 0. The van der Waals surface area contributed by atoms with E-state index < -0.39 is 0 Å². The Bertz CT molecular complexity index is 487. The van der Waals surface area contributed by atoms with Gasteiger partial charge in [-0.15, -0.1) is 0 Å². The summed E-state index contributed by atoms with van der Waals surface area (Å²) in [7, 11) is 0. The van der Waals surface area contributed by atoms with Crippen molar-refractivity contribution in [2.45, 2.75) is 38.5 Å². The maximum Gasteiger partial charge on any atom is 0.0534 e. The lowest BCUT2D eigenvalue weighted by Gasteiger charge is -2.22. The summed E-state index contributed by atoms with van der Waals surface area (Å²) in [6.45, 7) is 4.04. The molecule has 1 atom stereocenters. The zero-order chi connectivity index (χ0) is 13.1. The summed E-state index contributed by atoms with van der Waals surface area (Å²) in [5, 5.41) is 0. The largest absolute Gasteiger partial charge is 0.381 e. The van der Waals surface area contributed by atoms with Crippen LogP contribution in [0.15, 0.2) is 42.0 Å². The zero-order valence-electron chi connectivity index (χ0n) is 11.7. The van der Waals surface area contributed by atoms with Crippen LogP contribution in [-0.2, 0) is 4.74 Å². The first-order valence-corrected chi connectivity index (χ1v) is 7.37. The Kier molecular flexibility index (Phi) is 3.84. The van der Waals surface area contributed by atoms with Crippen molar-refractivity contribution in [3.63, 3.8) is 0 Å². The average Bonchev–Trinajstić information content (AvgIpc) is 2.49. The van der Waals surface area contributed by atoms with Gasteiger partial charge in [-0.3, -0.25) is 0 Å². The highest BCUT2D eigenvalue weighted by Gasteiger charge is 2.16. The van der Waals surface area contributed by atoms with Crippen LogP contribution in [0.2, 0.25) is 0 Å². The maximum atomic E-state index is 5.58. The molecular weight excluding hydrogens is 232 g/mol. The van der Waals surface area contributed by atoms with Gasteiger partial charge in [0.25, 0.3) is 0 Å². The molecule has 1 heterocycles. The Labute approximate surface area is 116 Å². The molecule has 1 fully saturated rings. The van der Waals surface area contributed by atoms with Crippen molar-refractivity contribution in [2.75, 3.05) is 13.2 Å². The van der Waals surface area contributed by atoms with Gasteiger partial charge >= 0.3 is 0 Å². The Morgan fingerprint density at radius 3 is 2.53 bits per heavy atom.